The van der Waals surface area contributed by atoms with Crippen molar-refractivity contribution >= 4 is 11.5 Å². The van der Waals surface area contributed by atoms with Crippen molar-refractivity contribution < 1.29 is 13.7 Å². The number of benzene rings is 1. The van der Waals surface area contributed by atoms with Crippen LogP contribution in [0.2, 0.25) is 0 Å². The first-order valence-electron chi connectivity index (χ1n) is 8.65. The van der Waals surface area contributed by atoms with Crippen molar-refractivity contribution in [2.75, 3.05) is 13.1 Å². The maximum absolute atomic E-state index is 13.9. The van der Waals surface area contributed by atoms with E-state index in [0.29, 0.717) is 36.8 Å². The van der Waals surface area contributed by atoms with E-state index in [1.54, 1.807) is 47.6 Å². The Balaban J connectivity index is 1.33. The van der Waals surface area contributed by atoms with E-state index in [1.165, 1.54) is 6.07 Å². The normalized spacial score (nSPS) is 13.7. The Bertz CT molecular complexity index is 984. The lowest BCUT2D eigenvalue weighted by Crippen LogP contribution is -2.29. The number of aromatic nitrogens is 3. The molecule has 6 nitrogen and oxygen atoms in total. The molecule has 3 aromatic rings. The van der Waals surface area contributed by atoms with Gasteiger partial charge in [0, 0.05) is 49.5 Å². The van der Waals surface area contributed by atoms with Crippen LogP contribution >= 0.6 is 0 Å². The molecule has 0 unspecified atom stereocenters. The quantitative estimate of drug-likeness (QED) is 0.695. The van der Waals surface area contributed by atoms with Gasteiger partial charge in [0.05, 0.1) is 0 Å². The number of carbonyl (C=O) groups is 1. The highest BCUT2D eigenvalue weighted by Crippen LogP contribution is 2.24. The molecule has 0 spiro atoms. The number of hydrogen-bond donors (Lipinski definition) is 0. The highest BCUT2D eigenvalue weighted by molar-refractivity contribution is 5.82. The molecule has 0 aliphatic carbocycles. The molecule has 1 aromatic carbocycles. The number of amides is 1. The van der Waals surface area contributed by atoms with Gasteiger partial charge in [0.15, 0.2) is 0 Å². The second-order valence-corrected chi connectivity index (χ2v) is 6.23. The molecule has 136 valence electrons. The summed E-state index contributed by atoms with van der Waals surface area (Å²) in [4.78, 5) is 22.4. The Morgan fingerprint density at radius 3 is 2.81 bits per heavy atom. The van der Waals surface area contributed by atoms with Crippen LogP contribution in [-0.2, 0) is 11.2 Å². The van der Waals surface area contributed by atoms with Gasteiger partial charge in [-0.05, 0) is 23.8 Å². The summed E-state index contributed by atoms with van der Waals surface area (Å²) in [6, 6.07) is 10.2. The number of aryl methyl sites for hydroxylation is 1. The van der Waals surface area contributed by atoms with Crippen LogP contribution in [-0.4, -0.2) is 39.0 Å². The largest absolute Gasteiger partial charge is 0.339 e. The molecule has 3 heterocycles. The van der Waals surface area contributed by atoms with Crippen LogP contribution in [0, 0.1) is 5.82 Å². The molecule has 0 saturated heterocycles. The highest BCUT2D eigenvalue weighted by atomic mass is 19.1. The minimum Gasteiger partial charge on any atom is -0.339 e. The summed E-state index contributed by atoms with van der Waals surface area (Å²) in [7, 11) is 0. The van der Waals surface area contributed by atoms with Crippen LogP contribution in [0.3, 0.4) is 0 Å². The number of hydrogen-bond acceptors (Lipinski definition) is 5. The maximum atomic E-state index is 13.9. The van der Waals surface area contributed by atoms with Gasteiger partial charge in [0.2, 0.25) is 17.6 Å². The van der Waals surface area contributed by atoms with E-state index >= 15 is 0 Å². The van der Waals surface area contributed by atoms with Crippen LogP contribution in [0.4, 0.5) is 4.39 Å². The van der Waals surface area contributed by atoms with E-state index in [-0.39, 0.29) is 18.1 Å². The molecule has 2 aromatic heterocycles. The first-order chi connectivity index (χ1) is 13.2. The average Bonchev–Trinajstić information content (AvgIpc) is 3.37. The Morgan fingerprint density at radius 1 is 1.19 bits per heavy atom. The fraction of sp³-hybridized carbons (Fsp3) is 0.200. The van der Waals surface area contributed by atoms with E-state index in [4.69, 9.17) is 4.52 Å². The lowest BCUT2D eigenvalue weighted by atomic mass is 10.1. The number of nitrogens with zero attached hydrogens (tertiary/aromatic N) is 4. The molecule has 0 radical (unpaired) electrons. The molecule has 7 heteroatoms. The third-order valence-corrected chi connectivity index (χ3v) is 4.45. The molecular weight excluding hydrogens is 347 g/mol. The topological polar surface area (TPSA) is 72.1 Å². The molecule has 0 fully saturated rings. The Kier molecular flexibility index (Phi) is 4.74. The standard InChI is InChI=1S/C20H17FN4O2/c21-17-4-2-1-3-16(17)15-9-12-25(13-15)19(26)6-5-18-23-20(24-27-18)14-7-10-22-11-8-14/h1-4,7-11H,5-6,12-13H2. The summed E-state index contributed by atoms with van der Waals surface area (Å²) in [6.45, 7) is 0.889. The fourth-order valence-electron chi connectivity index (χ4n) is 3.01. The molecule has 0 saturated carbocycles. The molecule has 1 aliphatic heterocycles. The van der Waals surface area contributed by atoms with Crippen molar-refractivity contribution in [3.63, 3.8) is 0 Å². The lowest BCUT2D eigenvalue weighted by Gasteiger charge is -2.16. The van der Waals surface area contributed by atoms with E-state index in [9.17, 15) is 9.18 Å². The predicted octanol–water partition coefficient (Wildman–Crippen LogP) is 3.13. The van der Waals surface area contributed by atoms with Gasteiger partial charge in [-0.25, -0.2) is 4.39 Å². The van der Waals surface area contributed by atoms with Crippen molar-refractivity contribution in [3.8, 4) is 11.4 Å². The SMILES string of the molecule is O=C(CCc1nc(-c2ccncc2)no1)N1CC=C(c2ccccc2F)C1. The molecule has 27 heavy (non-hydrogen) atoms. The lowest BCUT2D eigenvalue weighted by molar-refractivity contribution is -0.129. The first-order valence-corrected chi connectivity index (χ1v) is 8.65. The zero-order valence-electron chi connectivity index (χ0n) is 14.5. The van der Waals surface area contributed by atoms with Gasteiger partial charge in [0.1, 0.15) is 5.82 Å². The van der Waals surface area contributed by atoms with Gasteiger partial charge in [0.25, 0.3) is 0 Å². The van der Waals surface area contributed by atoms with Gasteiger partial charge >= 0.3 is 0 Å². The van der Waals surface area contributed by atoms with E-state index < -0.39 is 0 Å². The van der Waals surface area contributed by atoms with Crippen LogP contribution < -0.4 is 0 Å². The number of rotatable bonds is 5. The van der Waals surface area contributed by atoms with Crippen LogP contribution in [0.15, 0.2) is 59.4 Å². The maximum Gasteiger partial charge on any atom is 0.227 e. The van der Waals surface area contributed by atoms with Gasteiger partial charge < -0.3 is 9.42 Å². The van der Waals surface area contributed by atoms with E-state index in [2.05, 4.69) is 15.1 Å². The smallest absolute Gasteiger partial charge is 0.227 e. The fourth-order valence-corrected chi connectivity index (χ4v) is 3.01. The summed E-state index contributed by atoms with van der Waals surface area (Å²) in [6.07, 6.45) is 5.83. The third-order valence-electron chi connectivity index (χ3n) is 4.45. The van der Waals surface area contributed by atoms with Crippen molar-refractivity contribution in [1.82, 2.24) is 20.0 Å². The Hall–Kier alpha value is -3.35. The second-order valence-electron chi connectivity index (χ2n) is 6.23. The molecule has 4 rings (SSSR count). The van der Waals surface area contributed by atoms with E-state index in [0.717, 1.165) is 11.1 Å². The molecule has 1 amide bonds. The van der Waals surface area contributed by atoms with Gasteiger partial charge in [-0.1, -0.05) is 29.4 Å². The Morgan fingerprint density at radius 2 is 2.00 bits per heavy atom. The predicted molar refractivity (Wildman–Crippen MR) is 96.8 cm³/mol. The number of halogens is 1. The summed E-state index contributed by atoms with van der Waals surface area (Å²) in [5, 5.41) is 3.93. The minimum atomic E-state index is -0.271. The monoisotopic (exact) mass is 364 g/mol. The third kappa shape index (κ3) is 3.76. The molecule has 0 N–H and O–H groups in total. The minimum absolute atomic E-state index is 0.0266. The van der Waals surface area contributed by atoms with Gasteiger partial charge in [-0.2, -0.15) is 4.98 Å². The average molecular weight is 364 g/mol. The molecular formula is C20H17FN4O2. The first kappa shape index (κ1) is 17.1. The van der Waals surface area contributed by atoms with Crippen molar-refractivity contribution in [3.05, 3.63) is 72.1 Å². The summed E-state index contributed by atoms with van der Waals surface area (Å²) < 4.78 is 19.1. The van der Waals surface area contributed by atoms with Crippen molar-refractivity contribution in [2.24, 2.45) is 0 Å². The van der Waals surface area contributed by atoms with Gasteiger partial charge in [-0.15, -0.1) is 0 Å². The number of carbonyl (C=O) groups excluding carboxylic acids is 1. The van der Waals surface area contributed by atoms with Crippen molar-refractivity contribution in [2.45, 2.75) is 12.8 Å². The summed E-state index contributed by atoms with van der Waals surface area (Å²) in [5.74, 6) is 0.593. The van der Waals surface area contributed by atoms with E-state index in [1.807, 2.05) is 6.08 Å². The highest BCUT2D eigenvalue weighted by Gasteiger charge is 2.22. The molecule has 1 aliphatic rings. The molecule has 0 atom stereocenters. The number of pyridine rings is 1. The van der Waals surface area contributed by atoms with Crippen LogP contribution in [0.1, 0.15) is 17.9 Å². The summed E-state index contributed by atoms with van der Waals surface area (Å²) >= 11 is 0. The Labute approximate surface area is 155 Å². The van der Waals surface area contributed by atoms with Crippen LogP contribution in [0.25, 0.3) is 17.0 Å². The summed E-state index contributed by atoms with van der Waals surface area (Å²) in [5.41, 5.74) is 2.19. The van der Waals surface area contributed by atoms with Crippen molar-refractivity contribution in [1.29, 1.82) is 0 Å². The second kappa shape index (κ2) is 7.49. The zero-order chi connectivity index (χ0) is 18.6. The van der Waals surface area contributed by atoms with Gasteiger partial charge in [-0.3, -0.25) is 9.78 Å². The zero-order valence-corrected chi connectivity index (χ0v) is 14.5. The molecule has 0 bridgehead atoms. The van der Waals surface area contributed by atoms with Crippen LogP contribution in [0.5, 0.6) is 0 Å².